The zero-order chi connectivity index (χ0) is 31.7. The van der Waals surface area contributed by atoms with Gasteiger partial charge in [0.25, 0.3) is 0 Å². The maximum Gasteiger partial charge on any atom is 0.328 e. The van der Waals surface area contributed by atoms with Crippen molar-refractivity contribution in [2.45, 2.75) is 22.8 Å². The first-order valence-corrected chi connectivity index (χ1v) is 14.0. The molecule has 1 atom stereocenters. The molecule has 0 aromatic heterocycles. The number of carbonyl (C=O) groups is 4. The highest BCUT2D eigenvalue weighted by atomic mass is 35.5. The fraction of sp³-hybridized carbons (Fsp3) is 0.286. The van der Waals surface area contributed by atoms with Crippen LogP contribution in [0.2, 0.25) is 10.0 Å². The Bertz CT molecular complexity index is 1200. The molecule has 1 saturated heterocycles. The number of halogens is 2. The SMILES string of the molecule is CC(c1cc(Cl)ccc1Sc1ccccc1Cl)N1CCN(CCO)CC1.O=C(O)/C=C\C(=O)O.O=C(O)/C=C\C(=O)O. The number of aliphatic hydroxyl groups excluding tert-OH is 1. The molecule has 0 bridgehead atoms. The number of piperazine rings is 1. The molecule has 14 heteroatoms. The van der Waals surface area contributed by atoms with Crippen molar-refractivity contribution in [1.29, 1.82) is 0 Å². The summed E-state index contributed by atoms with van der Waals surface area (Å²) in [4.78, 5) is 45.2. The number of carboxylic acids is 4. The van der Waals surface area contributed by atoms with Gasteiger partial charge in [-0.05, 0) is 42.8 Å². The van der Waals surface area contributed by atoms with Crippen molar-refractivity contribution in [3.63, 3.8) is 0 Å². The normalized spacial score (nSPS) is 14.4. The first kappa shape index (κ1) is 36.6. The lowest BCUT2D eigenvalue weighted by molar-refractivity contribution is -0.134. The van der Waals surface area contributed by atoms with Crippen molar-refractivity contribution in [2.24, 2.45) is 0 Å². The third-order valence-corrected chi connectivity index (χ3v) is 7.43. The van der Waals surface area contributed by atoms with Crippen molar-refractivity contribution in [3.8, 4) is 0 Å². The summed E-state index contributed by atoms with van der Waals surface area (Å²) in [7, 11) is 0. The number of carboxylic acid groups (broad SMARTS) is 4. The van der Waals surface area contributed by atoms with Crippen molar-refractivity contribution in [3.05, 3.63) is 82.4 Å². The lowest BCUT2D eigenvalue weighted by atomic mass is 10.1. The Balaban J connectivity index is 0.000000454. The van der Waals surface area contributed by atoms with Crippen LogP contribution in [0.25, 0.3) is 0 Å². The molecule has 1 aliphatic rings. The Morgan fingerprint density at radius 3 is 1.76 bits per heavy atom. The fourth-order valence-corrected chi connectivity index (χ4v) is 5.05. The summed E-state index contributed by atoms with van der Waals surface area (Å²) in [5.41, 5.74) is 1.23. The minimum atomic E-state index is -1.26. The molecule has 0 aliphatic carbocycles. The molecular formula is C28H32Cl2N2O9S. The fourth-order valence-electron chi connectivity index (χ4n) is 3.58. The molecular weight excluding hydrogens is 611 g/mol. The van der Waals surface area contributed by atoms with Gasteiger partial charge in [-0.25, -0.2) is 19.2 Å². The van der Waals surface area contributed by atoms with Crippen LogP contribution in [-0.4, -0.2) is 98.5 Å². The Labute approximate surface area is 257 Å². The van der Waals surface area contributed by atoms with E-state index in [-0.39, 0.29) is 12.6 Å². The number of aliphatic carboxylic acids is 4. The zero-order valence-electron chi connectivity index (χ0n) is 22.6. The number of nitrogens with zero attached hydrogens (tertiary/aromatic N) is 2. The predicted molar refractivity (Wildman–Crippen MR) is 159 cm³/mol. The first-order chi connectivity index (χ1) is 19.8. The van der Waals surface area contributed by atoms with Gasteiger partial charge in [0, 0.05) is 77.9 Å². The number of aliphatic hydroxyl groups is 1. The molecule has 2 aromatic carbocycles. The smallest absolute Gasteiger partial charge is 0.328 e. The number of β-amino-alcohol motifs (C(OH)–C–C–N with tert-alkyl or cyclic N) is 1. The van der Waals surface area contributed by atoms with Crippen LogP contribution in [0.15, 0.2) is 76.6 Å². The Morgan fingerprint density at radius 2 is 1.31 bits per heavy atom. The van der Waals surface area contributed by atoms with E-state index in [0.29, 0.717) is 24.3 Å². The van der Waals surface area contributed by atoms with E-state index >= 15 is 0 Å². The molecule has 1 unspecified atom stereocenters. The Kier molecular flexibility index (Phi) is 17.2. The van der Waals surface area contributed by atoms with Gasteiger partial charge in [0.2, 0.25) is 0 Å². The number of rotatable bonds is 10. The summed E-state index contributed by atoms with van der Waals surface area (Å²) >= 11 is 14.3. The molecule has 0 spiro atoms. The van der Waals surface area contributed by atoms with E-state index in [2.05, 4.69) is 28.9 Å². The van der Waals surface area contributed by atoms with Crippen LogP contribution < -0.4 is 0 Å². The highest BCUT2D eigenvalue weighted by Gasteiger charge is 2.24. The lowest BCUT2D eigenvalue weighted by Gasteiger charge is -2.38. The largest absolute Gasteiger partial charge is 0.478 e. The van der Waals surface area contributed by atoms with Crippen molar-refractivity contribution in [1.82, 2.24) is 9.80 Å². The molecule has 2 aromatic rings. The molecule has 0 saturated carbocycles. The van der Waals surface area contributed by atoms with Gasteiger partial charge < -0.3 is 25.5 Å². The van der Waals surface area contributed by atoms with Crippen molar-refractivity contribution in [2.75, 3.05) is 39.3 Å². The molecule has 0 radical (unpaired) electrons. The van der Waals surface area contributed by atoms with Crippen LogP contribution in [0.1, 0.15) is 18.5 Å². The minimum absolute atomic E-state index is 0.225. The van der Waals surface area contributed by atoms with Crippen LogP contribution in [0.3, 0.4) is 0 Å². The molecule has 1 aliphatic heterocycles. The van der Waals surface area contributed by atoms with Gasteiger partial charge in [-0.2, -0.15) is 0 Å². The van der Waals surface area contributed by atoms with Crippen LogP contribution in [-0.2, 0) is 19.2 Å². The summed E-state index contributed by atoms with van der Waals surface area (Å²) in [6.45, 7) is 7.17. The number of hydrogen-bond donors (Lipinski definition) is 5. The van der Waals surface area contributed by atoms with Crippen LogP contribution in [0.4, 0.5) is 0 Å². The summed E-state index contributed by atoms with van der Waals surface area (Å²) in [6.07, 6.45) is 2.23. The average molecular weight is 644 g/mol. The van der Waals surface area contributed by atoms with Crippen molar-refractivity contribution < 1.29 is 44.7 Å². The Hall–Kier alpha value is -3.39. The summed E-state index contributed by atoms with van der Waals surface area (Å²) < 4.78 is 0. The molecule has 5 N–H and O–H groups in total. The van der Waals surface area contributed by atoms with Crippen LogP contribution in [0.5, 0.6) is 0 Å². The van der Waals surface area contributed by atoms with E-state index in [9.17, 15) is 19.2 Å². The van der Waals surface area contributed by atoms with Gasteiger partial charge in [0.15, 0.2) is 0 Å². The van der Waals surface area contributed by atoms with E-state index in [1.165, 1.54) is 10.5 Å². The zero-order valence-corrected chi connectivity index (χ0v) is 24.9. The number of benzene rings is 2. The third-order valence-electron chi connectivity index (χ3n) is 5.59. The highest BCUT2D eigenvalue weighted by Crippen LogP contribution is 2.39. The topological polar surface area (TPSA) is 176 Å². The molecule has 228 valence electrons. The second-order valence-corrected chi connectivity index (χ2v) is 10.4. The summed E-state index contributed by atoms with van der Waals surface area (Å²) in [5.74, 6) is -5.03. The molecule has 0 amide bonds. The van der Waals surface area contributed by atoms with Gasteiger partial charge >= 0.3 is 23.9 Å². The lowest BCUT2D eigenvalue weighted by Crippen LogP contribution is -2.47. The monoisotopic (exact) mass is 642 g/mol. The highest BCUT2D eigenvalue weighted by molar-refractivity contribution is 7.99. The second-order valence-electron chi connectivity index (χ2n) is 8.51. The summed E-state index contributed by atoms with van der Waals surface area (Å²) in [6, 6.07) is 14.3. The van der Waals surface area contributed by atoms with Gasteiger partial charge in [0.1, 0.15) is 0 Å². The standard InChI is InChI=1S/C20H24Cl2N2OS.2C4H4O4/c1-15(24-10-8-23(9-11-24)12-13-25)17-14-16(21)6-7-19(17)26-20-5-3-2-4-18(20)22;2*5-3(6)1-2-4(7)8/h2-7,14-15,25H,8-13H2,1H3;2*1-2H,(H,5,6)(H,7,8)/b;2*2-1-. The average Bonchev–Trinajstić information content (AvgIpc) is 2.94. The maximum atomic E-state index is 9.55. The Morgan fingerprint density at radius 1 is 0.810 bits per heavy atom. The van der Waals surface area contributed by atoms with Crippen LogP contribution in [0, 0.1) is 0 Å². The van der Waals surface area contributed by atoms with E-state index < -0.39 is 23.9 Å². The number of hydrogen-bond acceptors (Lipinski definition) is 8. The molecule has 3 rings (SSSR count). The van der Waals surface area contributed by atoms with Gasteiger partial charge in [0.05, 0.1) is 11.6 Å². The molecule has 1 fully saturated rings. The van der Waals surface area contributed by atoms with E-state index in [1.807, 2.05) is 30.3 Å². The van der Waals surface area contributed by atoms with E-state index in [4.69, 9.17) is 48.7 Å². The van der Waals surface area contributed by atoms with E-state index in [0.717, 1.165) is 47.7 Å². The molecule has 1 heterocycles. The second kappa shape index (κ2) is 19.7. The molecule has 11 nitrogen and oxygen atoms in total. The van der Waals surface area contributed by atoms with Gasteiger partial charge in [-0.15, -0.1) is 0 Å². The first-order valence-electron chi connectivity index (χ1n) is 12.4. The third kappa shape index (κ3) is 15.0. The van der Waals surface area contributed by atoms with Gasteiger partial charge in [-0.3, -0.25) is 9.80 Å². The maximum absolute atomic E-state index is 9.55. The predicted octanol–water partition coefficient (Wildman–Crippen LogP) is 4.24. The van der Waals surface area contributed by atoms with E-state index in [1.54, 1.807) is 11.8 Å². The molecule has 42 heavy (non-hydrogen) atoms. The van der Waals surface area contributed by atoms with Crippen molar-refractivity contribution >= 4 is 58.8 Å². The minimum Gasteiger partial charge on any atom is -0.478 e. The van der Waals surface area contributed by atoms with Gasteiger partial charge in [-0.1, -0.05) is 47.1 Å². The quantitative estimate of drug-likeness (QED) is 0.233. The van der Waals surface area contributed by atoms with Crippen LogP contribution >= 0.6 is 35.0 Å². The summed E-state index contributed by atoms with van der Waals surface area (Å²) in [5, 5.41) is 41.9.